The summed E-state index contributed by atoms with van der Waals surface area (Å²) in [6, 6.07) is 5.57. The van der Waals surface area contributed by atoms with Crippen molar-refractivity contribution < 1.29 is 17.9 Å². The van der Waals surface area contributed by atoms with E-state index in [-0.39, 0.29) is 11.7 Å². The minimum atomic E-state index is -3.10. The molecule has 0 aliphatic carbocycles. The lowest BCUT2D eigenvalue weighted by Crippen LogP contribution is -2.46. The van der Waals surface area contributed by atoms with Gasteiger partial charge in [-0.15, -0.1) is 0 Å². The van der Waals surface area contributed by atoms with Crippen LogP contribution in [0.2, 0.25) is 0 Å². The average molecular weight is 312 g/mol. The van der Waals surface area contributed by atoms with Crippen LogP contribution in [0.25, 0.3) is 0 Å². The lowest BCUT2D eigenvalue weighted by atomic mass is 9.89. The van der Waals surface area contributed by atoms with Crippen molar-refractivity contribution in [2.24, 2.45) is 0 Å². The van der Waals surface area contributed by atoms with Crippen LogP contribution in [0.3, 0.4) is 0 Å². The molecule has 2 aliphatic heterocycles. The van der Waals surface area contributed by atoms with Crippen LogP contribution in [0, 0.1) is 0 Å². The van der Waals surface area contributed by atoms with Gasteiger partial charge in [0.2, 0.25) is 15.9 Å². The maximum Gasteiger partial charge on any atom is 0.213 e. The normalized spacial score (nSPS) is 26.0. The number of hydrogen-bond acceptors (Lipinski definition) is 5. The molecule has 2 fully saturated rings. The SMILES string of the molecule is CS(=O)(=O)N1CCC2(CC1)C[C@@H](Oc1ccccn1)CO2. The van der Waals surface area contributed by atoms with Gasteiger partial charge in [-0.1, -0.05) is 6.07 Å². The molecule has 6 nitrogen and oxygen atoms in total. The molecule has 0 amide bonds. The number of sulfonamides is 1. The minimum Gasteiger partial charge on any atom is -0.472 e. The number of piperidine rings is 1. The van der Waals surface area contributed by atoms with Crippen LogP contribution in [-0.2, 0) is 14.8 Å². The highest BCUT2D eigenvalue weighted by molar-refractivity contribution is 7.88. The molecule has 116 valence electrons. The topological polar surface area (TPSA) is 68.7 Å². The molecule has 0 bridgehead atoms. The van der Waals surface area contributed by atoms with E-state index in [9.17, 15) is 8.42 Å². The third-order valence-corrected chi connectivity index (χ3v) is 5.51. The highest BCUT2D eigenvalue weighted by Gasteiger charge is 2.44. The van der Waals surface area contributed by atoms with Crippen LogP contribution >= 0.6 is 0 Å². The standard InChI is InChI=1S/C14H20N2O4S/c1-21(17,18)16-8-5-14(6-9-16)10-12(11-19-14)20-13-4-2-3-7-15-13/h2-4,7,12H,5-6,8-11H2,1H3/t12-/m1/s1. The smallest absolute Gasteiger partial charge is 0.213 e. The van der Waals surface area contributed by atoms with Gasteiger partial charge in [-0.05, 0) is 18.9 Å². The first-order chi connectivity index (χ1) is 9.97. The molecule has 3 heterocycles. The molecule has 3 rings (SSSR count). The summed E-state index contributed by atoms with van der Waals surface area (Å²) in [5, 5.41) is 0. The van der Waals surface area contributed by atoms with Crippen LogP contribution < -0.4 is 4.74 Å². The van der Waals surface area contributed by atoms with E-state index in [4.69, 9.17) is 9.47 Å². The molecule has 0 N–H and O–H groups in total. The third-order valence-electron chi connectivity index (χ3n) is 4.20. The molecule has 0 saturated carbocycles. The van der Waals surface area contributed by atoms with Crippen molar-refractivity contribution in [3.05, 3.63) is 24.4 Å². The fourth-order valence-corrected chi connectivity index (χ4v) is 3.89. The van der Waals surface area contributed by atoms with E-state index in [1.165, 1.54) is 10.6 Å². The Labute approximate surface area is 125 Å². The first-order valence-electron chi connectivity index (χ1n) is 7.14. The highest BCUT2D eigenvalue weighted by Crippen LogP contribution is 2.37. The Morgan fingerprint density at radius 3 is 2.76 bits per heavy atom. The van der Waals surface area contributed by atoms with E-state index in [1.54, 1.807) is 6.20 Å². The summed E-state index contributed by atoms with van der Waals surface area (Å²) in [4.78, 5) is 4.15. The second kappa shape index (κ2) is 5.55. The maximum absolute atomic E-state index is 11.5. The Bertz CT molecular complexity index is 582. The molecule has 1 aromatic rings. The zero-order valence-electron chi connectivity index (χ0n) is 12.1. The fourth-order valence-electron chi connectivity index (χ4n) is 3.04. The van der Waals surface area contributed by atoms with Crippen molar-refractivity contribution in [3.63, 3.8) is 0 Å². The van der Waals surface area contributed by atoms with E-state index in [0.29, 0.717) is 25.6 Å². The highest BCUT2D eigenvalue weighted by atomic mass is 32.2. The number of ether oxygens (including phenoxy) is 2. The maximum atomic E-state index is 11.5. The zero-order valence-corrected chi connectivity index (χ0v) is 12.9. The lowest BCUT2D eigenvalue weighted by molar-refractivity contribution is -0.0319. The zero-order chi connectivity index (χ0) is 14.9. The second-order valence-electron chi connectivity index (χ2n) is 5.77. The van der Waals surface area contributed by atoms with Crippen molar-refractivity contribution >= 4 is 10.0 Å². The summed E-state index contributed by atoms with van der Waals surface area (Å²) < 4.78 is 36.4. The van der Waals surface area contributed by atoms with E-state index >= 15 is 0 Å². The molecule has 1 aromatic heterocycles. The molecular formula is C14H20N2O4S. The molecule has 7 heteroatoms. The van der Waals surface area contributed by atoms with Crippen molar-refractivity contribution in [1.82, 2.24) is 9.29 Å². The van der Waals surface area contributed by atoms with E-state index < -0.39 is 10.0 Å². The summed E-state index contributed by atoms with van der Waals surface area (Å²) in [6.45, 7) is 1.58. The van der Waals surface area contributed by atoms with Gasteiger partial charge < -0.3 is 9.47 Å². The Balaban J connectivity index is 1.58. The van der Waals surface area contributed by atoms with Gasteiger partial charge in [-0.3, -0.25) is 0 Å². The Hall–Kier alpha value is -1.18. The van der Waals surface area contributed by atoms with Gasteiger partial charge in [0.05, 0.1) is 18.5 Å². The van der Waals surface area contributed by atoms with Crippen molar-refractivity contribution in [2.75, 3.05) is 26.0 Å². The van der Waals surface area contributed by atoms with Crippen LogP contribution in [0.5, 0.6) is 5.88 Å². The number of pyridine rings is 1. The predicted molar refractivity (Wildman–Crippen MR) is 77.6 cm³/mol. The van der Waals surface area contributed by atoms with E-state index in [1.807, 2.05) is 18.2 Å². The number of nitrogens with zero attached hydrogens (tertiary/aromatic N) is 2. The predicted octanol–water partition coefficient (Wildman–Crippen LogP) is 1.04. The van der Waals surface area contributed by atoms with Crippen molar-refractivity contribution in [3.8, 4) is 5.88 Å². The van der Waals surface area contributed by atoms with Gasteiger partial charge >= 0.3 is 0 Å². The van der Waals surface area contributed by atoms with E-state index in [2.05, 4.69) is 4.98 Å². The lowest BCUT2D eigenvalue weighted by Gasteiger charge is -2.37. The van der Waals surface area contributed by atoms with Gasteiger partial charge in [-0.25, -0.2) is 17.7 Å². The summed E-state index contributed by atoms with van der Waals surface area (Å²) in [5.74, 6) is 0.608. The van der Waals surface area contributed by atoms with Crippen molar-refractivity contribution in [2.45, 2.75) is 31.0 Å². The Kier molecular flexibility index (Phi) is 3.90. The molecule has 21 heavy (non-hydrogen) atoms. The molecule has 0 radical (unpaired) electrons. The van der Waals surface area contributed by atoms with Gasteiger partial charge in [0.25, 0.3) is 0 Å². The largest absolute Gasteiger partial charge is 0.472 e. The number of aromatic nitrogens is 1. The van der Waals surface area contributed by atoms with Gasteiger partial charge in [0, 0.05) is 31.8 Å². The Morgan fingerprint density at radius 2 is 2.14 bits per heavy atom. The molecule has 0 aromatic carbocycles. The first-order valence-corrected chi connectivity index (χ1v) is 8.99. The van der Waals surface area contributed by atoms with Crippen LogP contribution in [0.1, 0.15) is 19.3 Å². The number of hydrogen-bond donors (Lipinski definition) is 0. The van der Waals surface area contributed by atoms with Gasteiger partial charge in [0.1, 0.15) is 6.10 Å². The number of rotatable bonds is 3. The summed E-state index contributed by atoms with van der Waals surface area (Å²) in [6.07, 6.45) is 5.19. The quantitative estimate of drug-likeness (QED) is 0.834. The second-order valence-corrected chi connectivity index (χ2v) is 7.75. The van der Waals surface area contributed by atoms with Crippen LogP contribution in [-0.4, -0.2) is 55.4 Å². The van der Waals surface area contributed by atoms with Crippen molar-refractivity contribution in [1.29, 1.82) is 0 Å². The van der Waals surface area contributed by atoms with Gasteiger partial charge in [-0.2, -0.15) is 0 Å². The third kappa shape index (κ3) is 3.36. The van der Waals surface area contributed by atoms with Crippen LogP contribution in [0.4, 0.5) is 0 Å². The van der Waals surface area contributed by atoms with Gasteiger partial charge in [0.15, 0.2) is 0 Å². The minimum absolute atomic E-state index is 0.00955. The molecule has 0 unspecified atom stereocenters. The molecule has 1 spiro atoms. The summed E-state index contributed by atoms with van der Waals surface area (Å²) in [7, 11) is -3.10. The average Bonchev–Trinajstić information content (AvgIpc) is 2.82. The fraction of sp³-hybridized carbons (Fsp3) is 0.643. The van der Waals surface area contributed by atoms with Crippen LogP contribution in [0.15, 0.2) is 24.4 Å². The monoisotopic (exact) mass is 312 g/mol. The summed E-state index contributed by atoms with van der Waals surface area (Å²) in [5.41, 5.74) is -0.235. The molecule has 2 saturated heterocycles. The summed E-state index contributed by atoms with van der Waals surface area (Å²) >= 11 is 0. The molecule has 1 atom stereocenters. The molecule has 2 aliphatic rings. The van der Waals surface area contributed by atoms with E-state index in [0.717, 1.165) is 19.3 Å². The Morgan fingerprint density at radius 1 is 1.38 bits per heavy atom. The first kappa shape index (κ1) is 14.7. The molecular weight excluding hydrogens is 292 g/mol.